The third kappa shape index (κ3) is 3.11. The van der Waals surface area contributed by atoms with Crippen molar-refractivity contribution in [3.05, 3.63) is 53.7 Å². The first-order chi connectivity index (χ1) is 8.31. The maximum Gasteiger partial charge on any atom is 0.137 e. The van der Waals surface area contributed by atoms with Gasteiger partial charge >= 0.3 is 0 Å². The van der Waals surface area contributed by atoms with Crippen LogP contribution in [0.25, 0.3) is 0 Å². The molecule has 2 rings (SSSR count). The molecule has 0 unspecified atom stereocenters. The van der Waals surface area contributed by atoms with Crippen LogP contribution >= 0.6 is 11.8 Å². The minimum absolute atomic E-state index is 0.172. The van der Waals surface area contributed by atoms with Gasteiger partial charge in [-0.25, -0.2) is 4.39 Å². The first-order valence-electron chi connectivity index (χ1n) is 5.38. The van der Waals surface area contributed by atoms with Gasteiger partial charge in [-0.1, -0.05) is 12.1 Å². The van der Waals surface area contributed by atoms with Crippen LogP contribution in [0.4, 0.5) is 4.39 Å². The predicted octanol–water partition coefficient (Wildman–Crippen LogP) is 3.43. The van der Waals surface area contributed by atoms with Crippen LogP contribution in [0.2, 0.25) is 0 Å². The molecule has 90 valence electrons. The molecule has 0 aliphatic rings. The Morgan fingerprint density at radius 3 is 2.88 bits per heavy atom. The molecule has 0 spiro atoms. The lowest BCUT2D eigenvalue weighted by atomic mass is 10.2. The summed E-state index contributed by atoms with van der Waals surface area (Å²) in [6, 6.07) is 8.89. The van der Waals surface area contributed by atoms with Crippen molar-refractivity contribution in [2.75, 3.05) is 7.05 Å². The van der Waals surface area contributed by atoms with Crippen LogP contribution in [-0.4, -0.2) is 7.05 Å². The summed E-state index contributed by atoms with van der Waals surface area (Å²) in [5, 5.41) is 3.04. The van der Waals surface area contributed by atoms with E-state index >= 15 is 0 Å². The van der Waals surface area contributed by atoms with Crippen LogP contribution in [0, 0.1) is 5.82 Å². The SMILES string of the molecule is CNCc1cccc(F)c1SCc1ccco1. The molecule has 0 amide bonds. The second-order valence-corrected chi connectivity index (χ2v) is 4.61. The number of hydrogen-bond acceptors (Lipinski definition) is 3. The second-order valence-electron chi connectivity index (χ2n) is 3.63. The van der Waals surface area contributed by atoms with E-state index < -0.39 is 0 Å². The Bertz CT molecular complexity index is 470. The fourth-order valence-corrected chi connectivity index (χ4v) is 2.57. The van der Waals surface area contributed by atoms with E-state index in [4.69, 9.17) is 4.42 Å². The quantitative estimate of drug-likeness (QED) is 0.824. The zero-order valence-corrected chi connectivity index (χ0v) is 10.4. The Hall–Kier alpha value is -1.26. The Morgan fingerprint density at radius 1 is 1.29 bits per heavy atom. The summed E-state index contributed by atoms with van der Waals surface area (Å²) in [5.41, 5.74) is 0.976. The molecule has 1 aromatic heterocycles. The highest BCUT2D eigenvalue weighted by atomic mass is 32.2. The van der Waals surface area contributed by atoms with Crippen molar-refractivity contribution in [3.8, 4) is 0 Å². The summed E-state index contributed by atoms with van der Waals surface area (Å²) in [7, 11) is 1.85. The zero-order chi connectivity index (χ0) is 12.1. The predicted molar refractivity (Wildman–Crippen MR) is 67.4 cm³/mol. The van der Waals surface area contributed by atoms with Gasteiger partial charge in [-0.15, -0.1) is 11.8 Å². The highest BCUT2D eigenvalue weighted by Gasteiger charge is 2.09. The van der Waals surface area contributed by atoms with E-state index in [9.17, 15) is 4.39 Å². The summed E-state index contributed by atoms with van der Waals surface area (Å²) in [4.78, 5) is 0.693. The maximum absolute atomic E-state index is 13.7. The van der Waals surface area contributed by atoms with Crippen molar-refractivity contribution in [1.29, 1.82) is 0 Å². The highest BCUT2D eigenvalue weighted by Crippen LogP contribution is 2.29. The van der Waals surface area contributed by atoms with E-state index in [0.29, 0.717) is 17.2 Å². The second kappa shape index (κ2) is 5.89. The molecule has 0 aliphatic carbocycles. The van der Waals surface area contributed by atoms with Gasteiger partial charge in [-0.3, -0.25) is 0 Å². The summed E-state index contributed by atoms with van der Waals surface area (Å²) < 4.78 is 19.0. The van der Waals surface area contributed by atoms with Gasteiger partial charge in [0.1, 0.15) is 11.6 Å². The third-order valence-corrected chi connectivity index (χ3v) is 3.53. The number of halogens is 1. The number of thioether (sulfide) groups is 1. The molecule has 0 atom stereocenters. The lowest BCUT2D eigenvalue weighted by molar-refractivity contribution is 0.530. The van der Waals surface area contributed by atoms with E-state index in [2.05, 4.69) is 5.32 Å². The zero-order valence-electron chi connectivity index (χ0n) is 9.57. The monoisotopic (exact) mass is 251 g/mol. The molecule has 2 nitrogen and oxygen atoms in total. The molecule has 0 radical (unpaired) electrons. The van der Waals surface area contributed by atoms with Gasteiger partial charge in [-0.2, -0.15) is 0 Å². The fraction of sp³-hybridized carbons (Fsp3) is 0.231. The van der Waals surface area contributed by atoms with E-state index in [1.807, 2.05) is 25.2 Å². The van der Waals surface area contributed by atoms with Crippen LogP contribution < -0.4 is 5.32 Å². The lowest BCUT2D eigenvalue weighted by Crippen LogP contribution is -2.06. The molecule has 0 fully saturated rings. The van der Waals surface area contributed by atoms with Gasteiger partial charge in [0.2, 0.25) is 0 Å². The Balaban J connectivity index is 2.13. The molecule has 0 bridgehead atoms. The first-order valence-corrected chi connectivity index (χ1v) is 6.37. The Morgan fingerprint density at radius 2 is 2.18 bits per heavy atom. The largest absolute Gasteiger partial charge is 0.468 e. The summed E-state index contributed by atoms with van der Waals surface area (Å²) in [5.74, 6) is 1.33. The van der Waals surface area contributed by atoms with Gasteiger partial charge < -0.3 is 9.73 Å². The van der Waals surface area contributed by atoms with E-state index in [-0.39, 0.29) is 5.82 Å². The molecular formula is C13H14FNOS. The molecule has 4 heteroatoms. The van der Waals surface area contributed by atoms with Crippen molar-refractivity contribution in [1.82, 2.24) is 5.32 Å². The van der Waals surface area contributed by atoms with Gasteiger partial charge in [0.05, 0.1) is 12.0 Å². The fourth-order valence-electron chi connectivity index (χ4n) is 1.58. The Kier molecular flexibility index (Phi) is 4.23. The number of hydrogen-bond donors (Lipinski definition) is 1. The van der Waals surface area contributed by atoms with Gasteiger partial charge in [-0.05, 0) is 30.8 Å². The summed E-state index contributed by atoms with van der Waals surface area (Å²) in [6.45, 7) is 0.665. The minimum Gasteiger partial charge on any atom is -0.468 e. The number of benzene rings is 1. The number of nitrogens with one attached hydrogen (secondary N) is 1. The molecule has 1 aromatic carbocycles. The Labute approximate surface area is 104 Å². The molecule has 0 aliphatic heterocycles. The summed E-state index contributed by atoms with van der Waals surface area (Å²) >= 11 is 1.46. The van der Waals surface area contributed by atoms with E-state index in [1.165, 1.54) is 17.8 Å². The molecular weight excluding hydrogens is 237 g/mol. The minimum atomic E-state index is -0.172. The lowest BCUT2D eigenvalue weighted by Gasteiger charge is -2.09. The maximum atomic E-state index is 13.7. The van der Waals surface area contributed by atoms with E-state index in [0.717, 1.165) is 11.3 Å². The molecule has 2 aromatic rings. The standard InChI is InChI=1S/C13H14FNOS/c1-15-8-10-4-2-6-12(14)13(10)17-9-11-5-3-7-16-11/h2-7,15H,8-9H2,1H3. The molecule has 1 heterocycles. The average Bonchev–Trinajstić information content (AvgIpc) is 2.82. The van der Waals surface area contributed by atoms with Crippen LogP contribution in [0.15, 0.2) is 45.9 Å². The van der Waals surface area contributed by atoms with Crippen molar-refractivity contribution < 1.29 is 8.81 Å². The van der Waals surface area contributed by atoms with Crippen molar-refractivity contribution in [2.45, 2.75) is 17.2 Å². The van der Waals surface area contributed by atoms with Crippen molar-refractivity contribution >= 4 is 11.8 Å². The van der Waals surface area contributed by atoms with Crippen LogP contribution in [0.5, 0.6) is 0 Å². The normalized spacial score (nSPS) is 10.7. The number of furan rings is 1. The van der Waals surface area contributed by atoms with Gasteiger partial charge in [0, 0.05) is 11.4 Å². The number of rotatable bonds is 5. The molecule has 17 heavy (non-hydrogen) atoms. The van der Waals surface area contributed by atoms with Gasteiger partial charge in [0.15, 0.2) is 0 Å². The van der Waals surface area contributed by atoms with Crippen molar-refractivity contribution in [3.63, 3.8) is 0 Å². The first kappa shape index (κ1) is 12.2. The van der Waals surface area contributed by atoms with Gasteiger partial charge in [0.25, 0.3) is 0 Å². The smallest absolute Gasteiger partial charge is 0.137 e. The highest BCUT2D eigenvalue weighted by molar-refractivity contribution is 7.98. The molecule has 0 saturated heterocycles. The van der Waals surface area contributed by atoms with Crippen LogP contribution in [-0.2, 0) is 12.3 Å². The molecule has 1 N–H and O–H groups in total. The van der Waals surface area contributed by atoms with Crippen LogP contribution in [0.1, 0.15) is 11.3 Å². The topological polar surface area (TPSA) is 25.2 Å². The molecule has 0 saturated carbocycles. The third-order valence-electron chi connectivity index (χ3n) is 2.35. The van der Waals surface area contributed by atoms with Crippen molar-refractivity contribution in [2.24, 2.45) is 0 Å². The van der Waals surface area contributed by atoms with Crippen LogP contribution in [0.3, 0.4) is 0 Å². The summed E-state index contributed by atoms with van der Waals surface area (Å²) in [6.07, 6.45) is 1.63. The average molecular weight is 251 g/mol. The van der Waals surface area contributed by atoms with E-state index in [1.54, 1.807) is 12.3 Å².